The second-order valence-corrected chi connectivity index (χ2v) is 3.98. The summed E-state index contributed by atoms with van der Waals surface area (Å²) in [5, 5.41) is 11.4. The van der Waals surface area contributed by atoms with E-state index in [4.69, 9.17) is 9.15 Å². The van der Waals surface area contributed by atoms with Gasteiger partial charge in [0.15, 0.2) is 0 Å². The predicted octanol–water partition coefficient (Wildman–Crippen LogP) is 1.60. The Bertz CT molecular complexity index is 330. The minimum absolute atomic E-state index is 0.0850. The summed E-state index contributed by atoms with van der Waals surface area (Å²) in [4.78, 5) is 2.02. The highest BCUT2D eigenvalue weighted by Gasteiger charge is 2.16. The molecule has 0 aliphatic carbocycles. The van der Waals surface area contributed by atoms with E-state index in [0.717, 1.165) is 26.2 Å². The third kappa shape index (κ3) is 4.27. The van der Waals surface area contributed by atoms with Crippen LogP contribution in [0.25, 0.3) is 0 Å². The van der Waals surface area contributed by atoms with Crippen molar-refractivity contribution in [2.45, 2.75) is 33.7 Å². The molecular formula is C12H24N4O2. The second kappa shape index (κ2) is 8.05. The van der Waals surface area contributed by atoms with Crippen molar-refractivity contribution in [2.75, 3.05) is 37.7 Å². The number of hydrogen-bond donors (Lipinski definition) is 1. The molecule has 0 radical (unpaired) electrons. The van der Waals surface area contributed by atoms with Crippen LogP contribution in [0.1, 0.15) is 39.6 Å². The van der Waals surface area contributed by atoms with Crippen LogP contribution in [0.2, 0.25) is 0 Å². The van der Waals surface area contributed by atoms with Gasteiger partial charge < -0.3 is 19.4 Å². The Balaban J connectivity index is 2.58. The molecule has 0 bridgehead atoms. The van der Waals surface area contributed by atoms with E-state index in [1.54, 1.807) is 0 Å². The van der Waals surface area contributed by atoms with Crippen molar-refractivity contribution in [3.63, 3.8) is 0 Å². The smallest absolute Gasteiger partial charge is 0.318 e. The highest BCUT2D eigenvalue weighted by Crippen LogP contribution is 2.16. The van der Waals surface area contributed by atoms with Gasteiger partial charge >= 0.3 is 6.01 Å². The van der Waals surface area contributed by atoms with Crippen LogP contribution in [-0.4, -0.2) is 43.0 Å². The van der Waals surface area contributed by atoms with Crippen LogP contribution in [0, 0.1) is 0 Å². The highest BCUT2D eigenvalue weighted by molar-refractivity contribution is 5.23. The third-order valence-corrected chi connectivity index (χ3v) is 2.67. The van der Waals surface area contributed by atoms with Gasteiger partial charge in [-0.3, -0.25) is 0 Å². The molecule has 1 heterocycles. The zero-order chi connectivity index (χ0) is 13.4. The molecule has 0 aromatic carbocycles. The lowest BCUT2D eigenvalue weighted by Crippen LogP contribution is -2.27. The lowest BCUT2D eigenvalue weighted by molar-refractivity contribution is 0.153. The van der Waals surface area contributed by atoms with Crippen LogP contribution in [0.3, 0.4) is 0 Å². The van der Waals surface area contributed by atoms with Crippen molar-refractivity contribution in [3.05, 3.63) is 5.89 Å². The Morgan fingerprint density at radius 2 is 2.11 bits per heavy atom. The molecule has 0 aliphatic rings. The summed E-state index contributed by atoms with van der Waals surface area (Å²) in [7, 11) is 0. The van der Waals surface area contributed by atoms with Gasteiger partial charge in [-0.15, -0.1) is 5.10 Å². The van der Waals surface area contributed by atoms with Crippen molar-refractivity contribution in [1.29, 1.82) is 0 Å². The minimum Gasteiger partial charge on any atom is -0.406 e. The lowest BCUT2D eigenvalue weighted by atomic mass is 10.3. The maximum Gasteiger partial charge on any atom is 0.318 e. The number of nitrogens with zero attached hydrogens (tertiary/aromatic N) is 3. The van der Waals surface area contributed by atoms with Crippen molar-refractivity contribution in [1.82, 2.24) is 15.5 Å². The van der Waals surface area contributed by atoms with Crippen LogP contribution in [0.5, 0.6) is 0 Å². The molecule has 0 spiro atoms. The Hall–Kier alpha value is -1.14. The molecule has 0 fully saturated rings. The second-order valence-electron chi connectivity index (χ2n) is 3.98. The summed E-state index contributed by atoms with van der Waals surface area (Å²) in [5.41, 5.74) is 0. The average Bonchev–Trinajstić information content (AvgIpc) is 2.84. The van der Waals surface area contributed by atoms with Crippen molar-refractivity contribution in [2.24, 2.45) is 0 Å². The first-order valence-corrected chi connectivity index (χ1v) is 6.62. The summed E-state index contributed by atoms with van der Waals surface area (Å²) in [6.07, 6.45) is 0. The molecular weight excluding hydrogens is 232 g/mol. The number of likely N-dealkylation sites (N-methyl/N-ethyl adjacent to an activating group) is 1. The van der Waals surface area contributed by atoms with E-state index in [1.807, 2.05) is 25.7 Å². The molecule has 0 saturated heterocycles. The fourth-order valence-corrected chi connectivity index (χ4v) is 1.63. The van der Waals surface area contributed by atoms with Crippen LogP contribution in [0.4, 0.5) is 6.01 Å². The van der Waals surface area contributed by atoms with Crippen molar-refractivity contribution < 1.29 is 9.15 Å². The molecule has 6 nitrogen and oxygen atoms in total. The molecule has 6 heteroatoms. The lowest BCUT2D eigenvalue weighted by Gasteiger charge is -2.17. The molecule has 1 N–H and O–H groups in total. The summed E-state index contributed by atoms with van der Waals surface area (Å²) in [6, 6.07) is 0.652. The average molecular weight is 256 g/mol. The number of nitrogens with one attached hydrogen (secondary N) is 1. The Labute approximate surface area is 109 Å². The van der Waals surface area contributed by atoms with Gasteiger partial charge in [-0.25, -0.2) is 0 Å². The van der Waals surface area contributed by atoms with E-state index < -0.39 is 0 Å². The van der Waals surface area contributed by atoms with Crippen LogP contribution in [-0.2, 0) is 4.74 Å². The Kier molecular flexibility index (Phi) is 6.67. The van der Waals surface area contributed by atoms with Gasteiger partial charge in [0.1, 0.15) is 0 Å². The quantitative estimate of drug-likeness (QED) is 0.677. The van der Waals surface area contributed by atoms with Gasteiger partial charge in [-0.05, 0) is 27.3 Å². The third-order valence-electron chi connectivity index (χ3n) is 2.67. The molecule has 0 saturated carbocycles. The number of aromatic nitrogens is 2. The van der Waals surface area contributed by atoms with Gasteiger partial charge in [0.25, 0.3) is 0 Å². The Morgan fingerprint density at radius 1 is 1.33 bits per heavy atom. The first-order chi connectivity index (χ1) is 8.72. The van der Waals surface area contributed by atoms with Gasteiger partial charge in [0, 0.05) is 19.7 Å². The maximum atomic E-state index is 5.67. The molecule has 1 atom stereocenters. The first-order valence-electron chi connectivity index (χ1n) is 6.62. The molecule has 1 rings (SSSR count). The zero-order valence-corrected chi connectivity index (χ0v) is 11.8. The summed E-state index contributed by atoms with van der Waals surface area (Å²) < 4.78 is 11.0. The fraction of sp³-hybridized carbons (Fsp3) is 0.833. The Morgan fingerprint density at radius 3 is 2.72 bits per heavy atom. The number of anilines is 1. The summed E-state index contributed by atoms with van der Waals surface area (Å²) >= 11 is 0. The SMILES string of the molecule is CCNC(C)c1nnc(N(CC)CCOCC)o1. The molecule has 1 aromatic rings. The molecule has 1 aromatic heterocycles. The predicted molar refractivity (Wildman–Crippen MR) is 70.8 cm³/mol. The van der Waals surface area contributed by atoms with Crippen molar-refractivity contribution in [3.8, 4) is 0 Å². The van der Waals surface area contributed by atoms with Crippen LogP contribution >= 0.6 is 0 Å². The van der Waals surface area contributed by atoms with E-state index in [9.17, 15) is 0 Å². The standard InChI is InChI=1S/C12H24N4O2/c1-5-13-10(4)11-14-15-12(18-11)16(6-2)8-9-17-7-3/h10,13H,5-9H2,1-4H3. The van der Waals surface area contributed by atoms with Crippen LogP contribution < -0.4 is 10.2 Å². The first kappa shape index (κ1) is 14.9. The molecule has 18 heavy (non-hydrogen) atoms. The monoisotopic (exact) mass is 256 g/mol. The van der Waals surface area contributed by atoms with E-state index in [0.29, 0.717) is 18.5 Å². The number of rotatable bonds is 9. The van der Waals surface area contributed by atoms with Crippen LogP contribution in [0.15, 0.2) is 4.42 Å². The number of ether oxygens (including phenoxy) is 1. The largest absolute Gasteiger partial charge is 0.406 e. The zero-order valence-electron chi connectivity index (χ0n) is 11.8. The van der Waals surface area contributed by atoms with E-state index >= 15 is 0 Å². The van der Waals surface area contributed by atoms with E-state index in [2.05, 4.69) is 22.4 Å². The molecule has 0 aliphatic heterocycles. The topological polar surface area (TPSA) is 63.4 Å². The van der Waals surface area contributed by atoms with E-state index in [1.165, 1.54) is 0 Å². The van der Waals surface area contributed by atoms with Gasteiger partial charge in [-0.2, -0.15) is 0 Å². The van der Waals surface area contributed by atoms with E-state index in [-0.39, 0.29) is 6.04 Å². The van der Waals surface area contributed by atoms with Crippen molar-refractivity contribution >= 4 is 6.01 Å². The highest BCUT2D eigenvalue weighted by atomic mass is 16.5. The molecule has 104 valence electrons. The minimum atomic E-state index is 0.0850. The summed E-state index contributed by atoms with van der Waals surface area (Å²) in [5.74, 6) is 0.627. The summed E-state index contributed by atoms with van der Waals surface area (Å²) in [6.45, 7) is 12.0. The normalized spacial score (nSPS) is 12.7. The van der Waals surface area contributed by atoms with Gasteiger partial charge in [-0.1, -0.05) is 12.0 Å². The van der Waals surface area contributed by atoms with Gasteiger partial charge in [0.05, 0.1) is 12.6 Å². The fourth-order valence-electron chi connectivity index (χ4n) is 1.63. The molecule has 0 amide bonds. The number of hydrogen-bond acceptors (Lipinski definition) is 6. The maximum absolute atomic E-state index is 5.67. The van der Waals surface area contributed by atoms with Gasteiger partial charge in [0.2, 0.25) is 5.89 Å². The molecule has 1 unspecified atom stereocenters.